The summed E-state index contributed by atoms with van der Waals surface area (Å²) in [6.07, 6.45) is 4.37. The second-order valence-electron chi connectivity index (χ2n) is 7.38. The highest BCUT2D eigenvalue weighted by molar-refractivity contribution is 7.91. The van der Waals surface area contributed by atoms with Crippen molar-refractivity contribution in [1.29, 1.82) is 0 Å². The van der Waals surface area contributed by atoms with Crippen LogP contribution in [0.3, 0.4) is 0 Å². The van der Waals surface area contributed by atoms with Gasteiger partial charge in [-0.3, -0.25) is 9.97 Å². The molecule has 1 aromatic heterocycles. The first-order valence-electron chi connectivity index (χ1n) is 8.02. The first kappa shape index (κ1) is 17.2. The number of rotatable bonds is 1. The van der Waals surface area contributed by atoms with Crippen LogP contribution in [-0.4, -0.2) is 54.2 Å². The summed E-state index contributed by atoms with van der Waals surface area (Å²) in [7, 11) is 0. The molecule has 2 aliphatic rings. The van der Waals surface area contributed by atoms with E-state index in [1.165, 1.54) is 4.90 Å². The van der Waals surface area contributed by atoms with Gasteiger partial charge in [0.2, 0.25) is 0 Å². The van der Waals surface area contributed by atoms with E-state index in [-0.39, 0.29) is 5.41 Å². The van der Waals surface area contributed by atoms with Crippen molar-refractivity contribution in [2.75, 3.05) is 13.1 Å². The third kappa shape index (κ3) is 3.00. The number of fused-ring (bicyclic) bond motifs is 1. The summed E-state index contributed by atoms with van der Waals surface area (Å²) in [6.45, 7) is 6.56. The summed E-state index contributed by atoms with van der Waals surface area (Å²) in [5.74, 6) is 0. The van der Waals surface area contributed by atoms with Crippen molar-refractivity contribution in [3.05, 3.63) is 23.8 Å². The largest absolute Gasteiger partial charge is 0.591 e. The third-order valence-corrected chi connectivity index (χ3v) is 6.09. The lowest BCUT2D eigenvalue weighted by atomic mass is 9.75. The number of carbonyl (C=O) groups is 1. The van der Waals surface area contributed by atoms with Crippen LogP contribution in [0.15, 0.2) is 16.8 Å². The number of carboxylic acid groups (broad SMARTS) is 1. The van der Waals surface area contributed by atoms with Crippen molar-refractivity contribution >= 4 is 23.2 Å². The van der Waals surface area contributed by atoms with Crippen molar-refractivity contribution in [1.82, 2.24) is 14.9 Å². The highest BCUT2D eigenvalue weighted by atomic mass is 32.2. The van der Waals surface area contributed by atoms with E-state index < -0.39 is 22.2 Å². The van der Waals surface area contributed by atoms with Crippen LogP contribution in [0.4, 0.5) is 4.79 Å². The molecule has 1 aliphatic carbocycles. The molecule has 130 valence electrons. The smallest absolute Gasteiger partial charge is 0.407 e. The fourth-order valence-corrected chi connectivity index (χ4v) is 3.97. The molecule has 0 radical (unpaired) electrons. The number of amides is 1. The second kappa shape index (κ2) is 6.00. The van der Waals surface area contributed by atoms with Gasteiger partial charge in [-0.2, -0.15) is 0 Å². The van der Waals surface area contributed by atoms with Crippen LogP contribution in [0, 0.1) is 5.41 Å². The van der Waals surface area contributed by atoms with Gasteiger partial charge in [0.25, 0.3) is 0 Å². The predicted octanol–water partition coefficient (Wildman–Crippen LogP) is 2.04. The Labute approximate surface area is 144 Å². The fraction of sp³-hybridized carbons (Fsp3) is 0.625. The molecule has 1 amide bonds. The molecule has 1 N–H and O–H groups in total. The number of nitrogens with zero attached hydrogens (tertiary/aromatic N) is 4. The van der Waals surface area contributed by atoms with Gasteiger partial charge in [-0.15, -0.1) is 0 Å². The first-order chi connectivity index (χ1) is 11.2. The number of hydrogen-bond donors (Lipinski definition) is 1. The lowest BCUT2D eigenvalue weighted by Gasteiger charge is -2.38. The van der Waals surface area contributed by atoms with Gasteiger partial charge in [0, 0.05) is 37.3 Å². The highest BCUT2D eigenvalue weighted by Gasteiger charge is 2.49. The van der Waals surface area contributed by atoms with Gasteiger partial charge in [-0.05, 0) is 33.6 Å². The van der Waals surface area contributed by atoms with Crippen LogP contribution in [0.2, 0.25) is 0 Å². The molecular formula is C16H22N4O3S. The molecule has 1 fully saturated rings. The Hall–Kier alpha value is -1.67. The number of piperidine rings is 1. The summed E-state index contributed by atoms with van der Waals surface area (Å²) in [5, 5.41) is 9.18. The molecule has 0 aromatic carbocycles. The molecule has 1 aliphatic heterocycles. The summed E-state index contributed by atoms with van der Waals surface area (Å²) >= 11 is -1.39. The van der Waals surface area contributed by atoms with Crippen molar-refractivity contribution in [2.24, 2.45) is 9.81 Å². The van der Waals surface area contributed by atoms with Crippen molar-refractivity contribution in [2.45, 2.75) is 44.8 Å². The van der Waals surface area contributed by atoms with Crippen LogP contribution < -0.4 is 0 Å². The maximum atomic E-state index is 12.6. The van der Waals surface area contributed by atoms with E-state index in [4.69, 9.17) is 0 Å². The molecular weight excluding hydrogens is 328 g/mol. The molecule has 2 heterocycles. The van der Waals surface area contributed by atoms with Gasteiger partial charge in [0.05, 0.1) is 5.69 Å². The molecule has 24 heavy (non-hydrogen) atoms. The normalized spacial score (nSPS) is 22.7. The van der Waals surface area contributed by atoms with Crippen LogP contribution in [0.5, 0.6) is 0 Å². The van der Waals surface area contributed by atoms with Crippen molar-refractivity contribution in [3.63, 3.8) is 0 Å². The molecule has 0 bridgehead atoms. The van der Waals surface area contributed by atoms with E-state index >= 15 is 0 Å². The van der Waals surface area contributed by atoms with Crippen molar-refractivity contribution in [3.8, 4) is 0 Å². The van der Waals surface area contributed by atoms with Gasteiger partial charge in [-0.25, -0.2) is 4.79 Å². The van der Waals surface area contributed by atoms with Gasteiger partial charge < -0.3 is 14.6 Å². The molecule has 1 aromatic rings. The Morgan fingerprint density at radius 1 is 1.33 bits per heavy atom. The minimum Gasteiger partial charge on any atom is -0.591 e. The second-order valence-corrected chi connectivity index (χ2v) is 9.29. The van der Waals surface area contributed by atoms with Crippen LogP contribution in [0.25, 0.3) is 0 Å². The standard InChI is InChI=1S/C16H22N4O3S/c1-15(2,3)24(23)19-13-12-11(17-6-7-18-12)10-16(13)4-8-20(9-5-16)14(21)22/h6-7H,4-5,8-10H2,1-3H3,(H,21,22). The van der Waals surface area contributed by atoms with Gasteiger partial charge in [0.15, 0.2) is 0 Å². The molecule has 8 heteroatoms. The van der Waals surface area contributed by atoms with E-state index in [1.54, 1.807) is 12.4 Å². The molecule has 7 nitrogen and oxygen atoms in total. The average Bonchev–Trinajstić information content (AvgIpc) is 2.80. The van der Waals surface area contributed by atoms with E-state index in [1.807, 2.05) is 20.8 Å². The molecule has 1 unspecified atom stereocenters. The summed E-state index contributed by atoms with van der Waals surface area (Å²) < 4.78 is 16.7. The zero-order chi connectivity index (χ0) is 17.5. The molecule has 1 atom stereocenters. The van der Waals surface area contributed by atoms with E-state index in [2.05, 4.69) is 14.4 Å². The Balaban J connectivity index is 1.98. The maximum absolute atomic E-state index is 12.6. The van der Waals surface area contributed by atoms with E-state index in [9.17, 15) is 14.5 Å². The lowest BCUT2D eigenvalue weighted by molar-refractivity contribution is 0.114. The SMILES string of the molecule is CC(C)(C)[S+]([O-])N=C1c2nccnc2CC12CCN(C(=O)O)CC2. The number of likely N-dealkylation sites (tertiary alicyclic amines) is 1. The van der Waals surface area contributed by atoms with Gasteiger partial charge >= 0.3 is 6.09 Å². The molecule has 0 saturated carbocycles. The zero-order valence-electron chi connectivity index (χ0n) is 14.2. The average molecular weight is 350 g/mol. The monoisotopic (exact) mass is 350 g/mol. The fourth-order valence-electron chi connectivity index (χ4n) is 3.25. The minimum atomic E-state index is -1.39. The third-order valence-electron chi connectivity index (χ3n) is 4.70. The zero-order valence-corrected chi connectivity index (χ0v) is 15.0. The van der Waals surface area contributed by atoms with Gasteiger partial charge in [-0.1, -0.05) is 4.40 Å². The quantitative estimate of drug-likeness (QED) is 0.781. The van der Waals surface area contributed by atoms with Crippen LogP contribution in [-0.2, 0) is 17.8 Å². The Bertz CT molecular complexity index is 678. The topological polar surface area (TPSA) is 102 Å². The van der Waals surface area contributed by atoms with Crippen molar-refractivity contribution < 1.29 is 14.5 Å². The van der Waals surface area contributed by atoms with E-state index in [0.29, 0.717) is 32.4 Å². The Morgan fingerprint density at radius 2 is 1.96 bits per heavy atom. The summed E-state index contributed by atoms with van der Waals surface area (Å²) in [4.78, 5) is 21.4. The van der Waals surface area contributed by atoms with Crippen LogP contribution in [0.1, 0.15) is 45.0 Å². The van der Waals surface area contributed by atoms with Gasteiger partial charge in [0.1, 0.15) is 27.5 Å². The molecule has 3 rings (SSSR count). The summed E-state index contributed by atoms with van der Waals surface area (Å²) in [5.41, 5.74) is 2.02. The Morgan fingerprint density at radius 3 is 2.54 bits per heavy atom. The first-order valence-corrected chi connectivity index (χ1v) is 9.13. The highest BCUT2D eigenvalue weighted by Crippen LogP contribution is 2.44. The summed E-state index contributed by atoms with van der Waals surface area (Å²) in [6, 6.07) is 0. The lowest BCUT2D eigenvalue weighted by Crippen LogP contribution is -2.46. The number of aromatic nitrogens is 2. The van der Waals surface area contributed by atoms with Crippen LogP contribution >= 0.6 is 0 Å². The maximum Gasteiger partial charge on any atom is 0.407 e. The Kier molecular flexibility index (Phi) is 4.29. The molecule has 1 spiro atoms. The minimum absolute atomic E-state index is 0.309. The number of hydrogen-bond acceptors (Lipinski definition) is 5. The predicted molar refractivity (Wildman–Crippen MR) is 91.4 cm³/mol. The van der Waals surface area contributed by atoms with E-state index in [0.717, 1.165) is 17.1 Å². The molecule has 1 saturated heterocycles.